The van der Waals surface area contributed by atoms with Gasteiger partial charge < -0.3 is 10.1 Å². The van der Waals surface area contributed by atoms with Gasteiger partial charge >= 0.3 is 5.97 Å². The average molecular weight is 533 g/mol. The van der Waals surface area contributed by atoms with Crippen LogP contribution in [0.15, 0.2) is 83.4 Å². The maximum absolute atomic E-state index is 12.7. The lowest BCUT2D eigenvalue weighted by molar-refractivity contribution is -0.384. The summed E-state index contributed by atoms with van der Waals surface area (Å²) < 4.78 is 6.17. The fourth-order valence-electron chi connectivity index (χ4n) is 4.79. The average Bonchev–Trinajstić information content (AvgIpc) is 3.37. The molecule has 0 unspecified atom stereocenters. The molecule has 1 N–H and O–H groups in total. The van der Waals surface area contributed by atoms with Crippen molar-refractivity contribution >= 4 is 39.1 Å². The Morgan fingerprint density at radius 2 is 1.74 bits per heavy atom. The molecule has 1 heterocycles. The molecule has 3 aromatic carbocycles. The van der Waals surface area contributed by atoms with Gasteiger partial charge in [-0.15, -0.1) is 0 Å². The Bertz CT molecular complexity index is 1330. The van der Waals surface area contributed by atoms with Crippen molar-refractivity contribution in [3.8, 4) is 0 Å². The van der Waals surface area contributed by atoms with Crippen molar-refractivity contribution in [2.24, 2.45) is 5.92 Å². The van der Waals surface area contributed by atoms with E-state index in [-0.39, 0.29) is 36.0 Å². The van der Waals surface area contributed by atoms with Crippen molar-refractivity contribution in [1.29, 1.82) is 0 Å². The van der Waals surface area contributed by atoms with Crippen LogP contribution in [0.5, 0.6) is 0 Å². The number of carbonyl (C=O) groups is 2. The number of nitro benzene ring substituents is 1. The van der Waals surface area contributed by atoms with Gasteiger partial charge in [-0.05, 0) is 53.8 Å². The maximum Gasteiger partial charge on any atom is 0.338 e. The highest BCUT2D eigenvalue weighted by atomic mass is 79.9. The molecule has 0 radical (unpaired) electrons. The van der Waals surface area contributed by atoms with Crippen molar-refractivity contribution in [2.75, 3.05) is 11.9 Å². The predicted octanol–water partition coefficient (Wildman–Crippen LogP) is 6.22. The van der Waals surface area contributed by atoms with Crippen molar-refractivity contribution < 1.29 is 19.2 Å². The van der Waals surface area contributed by atoms with E-state index >= 15 is 0 Å². The first kappa shape index (κ1) is 23.0. The van der Waals surface area contributed by atoms with Gasteiger partial charge in [-0.1, -0.05) is 52.3 Å². The Morgan fingerprint density at radius 1 is 1.03 bits per heavy atom. The number of ketones is 1. The molecule has 0 bridgehead atoms. The first-order chi connectivity index (χ1) is 16.9. The highest BCUT2D eigenvalue weighted by Gasteiger charge is 2.38. The molecule has 0 amide bonds. The third-order valence-corrected chi connectivity index (χ3v) is 7.09. The maximum atomic E-state index is 12.7. The molecule has 8 heteroatoms. The number of fused-ring (bicyclic) bond motifs is 3. The second-order valence-corrected chi connectivity index (χ2v) is 9.55. The van der Waals surface area contributed by atoms with Crippen molar-refractivity contribution in [3.05, 3.63) is 116 Å². The van der Waals surface area contributed by atoms with Crippen LogP contribution in [-0.4, -0.2) is 23.3 Å². The number of esters is 1. The quantitative estimate of drug-likeness (QED) is 0.133. The summed E-state index contributed by atoms with van der Waals surface area (Å²) >= 11 is 3.33. The number of Topliss-reactive ketones (excluding diaryl/α,β-unsaturated/α-hetero) is 1. The van der Waals surface area contributed by atoms with Gasteiger partial charge in [0.1, 0.15) is 0 Å². The lowest BCUT2D eigenvalue weighted by Gasteiger charge is -2.37. The zero-order chi connectivity index (χ0) is 24.5. The molecule has 0 saturated heterocycles. The zero-order valence-electron chi connectivity index (χ0n) is 18.5. The number of rotatable bonds is 6. The number of hydrogen-bond acceptors (Lipinski definition) is 6. The van der Waals surface area contributed by atoms with E-state index in [4.69, 9.17) is 4.74 Å². The van der Waals surface area contributed by atoms with E-state index in [1.54, 1.807) is 42.5 Å². The number of benzene rings is 3. The summed E-state index contributed by atoms with van der Waals surface area (Å²) in [4.78, 5) is 35.7. The Hall–Kier alpha value is -3.78. The molecular formula is C27H21BrN2O5. The molecular weight excluding hydrogens is 512 g/mol. The molecule has 1 aliphatic heterocycles. The van der Waals surface area contributed by atoms with Crippen LogP contribution in [0.2, 0.25) is 0 Å². The lowest BCUT2D eigenvalue weighted by atomic mass is 9.76. The highest BCUT2D eigenvalue weighted by Crippen LogP contribution is 2.50. The molecule has 3 aromatic rings. The Balaban J connectivity index is 1.33. The molecule has 5 rings (SSSR count). The van der Waals surface area contributed by atoms with Gasteiger partial charge in [0.2, 0.25) is 0 Å². The minimum atomic E-state index is -0.547. The van der Waals surface area contributed by atoms with E-state index in [0.29, 0.717) is 11.1 Å². The molecule has 3 atom stereocenters. The zero-order valence-corrected chi connectivity index (χ0v) is 20.1. The van der Waals surface area contributed by atoms with Gasteiger partial charge in [-0.25, -0.2) is 4.79 Å². The number of nitrogens with zero attached hydrogens (tertiary/aromatic N) is 1. The van der Waals surface area contributed by atoms with Crippen LogP contribution in [0.4, 0.5) is 11.4 Å². The number of carbonyl (C=O) groups excluding carboxylic acids is 2. The number of anilines is 1. The second kappa shape index (κ2) is 9.46. The summed E-state index contributed by atoms with van der Waals surface area (Å²) in [5.41, 5.74) is 3.82. The summed E-state index contributed by atoms with van der Waals surface area (Å²) in [5, 5.41) is 14.6. The van der Waals surface area contributed by atoms with Crippen LogP contribution in [0.25, 0.3) is 0 Å². The molecule has 35 heavy (non-hydrogen) atoms. The second-order valence-electron chi connectivity index (χ2n) is 8.63. The molecule has 176 valence electrons. The van der Waals surface area contributed by atoms with Gasteiger partial charge in [0.05, 0.1) is 16.5 Å². The normalized spacial score (nSPS) is 19.9. The number of nitrogens with one attached hydrogen (secondary N) is 1. The fourth-order valence-corrected chi connectivity index (χ4v) is 5.05. The van der Waals surface area contributed by atoms with Crippen molar-refractivity contribution in [2.45, 2.75) is 18.4 Å². The molecule has 7 nitrogen and oxygen atoms in total. The van der Waals surface area contributed by atoms with E-state index in [1.165, 1.54) is 12.1 Å². The predicted molar refractivity (Wildman–Crippen MR) is 135 cm³/mol. The number of allylic oxidation sites excluding steroid dienone is 2. The number of non-ortho nitro benzene ring substituents is 1. The minimum Gasteiger partial charge on any atom is -0.454 e. The molecule has 0 saturated carbocycles. The summed E-state index contributed by atoms with van der Waals surface area (Å²) in [6.07, 6.45) is 5.14. The van der Waals surface area contributed by atoms with E-state index in [0.717, 1.165) is 27.7 Å². The van der Waals surface area contributed by atoms with E-state index in [2.05, 4.69) is 33.4 Å². The summed E-state index contributed by atoms with van der Waals surface area (Å²) in [6, 6.07) is 18.9. The van der Waals surface area contributed by atoms with Gasteiger partial charge in [0.15, 0.2) is 12.4 Å². The lowest BCUT2D eigenvalue weighted by Crippen LogP contribution is -2.29. The first-order valence-corrected chi connectivity index (χ1v) is 12.0. The molecule has 0 fully saturated rings. The van der Waals surface area contributed by atoms with Gasteiger partial charge in [-0.2, -0.15) is 0 Å². The van der Waals surface area contributed by atoms with Crippen LogP contribution in [-0.2, 0) is 4.74 Å². The molecule has 2 aliphatic rings. The monoisotopic (exact) mass is 532 g/mol. The molecule has 0 aromatic heterocycles. The van der Waals surface area contributed by atoms with Gasteiger partial charge in [0.25, 0.3) is 5.69 Å². The fraction of sp³-hybridized carbons (Fsp3) is 0.185. The van der Waals surface area contributed by atoms with Crippen molar-refractivity contribution in [3.63, 3.8) is 0 Å². The number of nitro groups is 1. The van der Waals surface area contributed by atoms with E-state index in [9.17, 15) is 19.7 Å². The molecule has 0 spiro atoms. The highest BCUT2D eigenvalue weighted by molar-refractivity contribution is 9.10. The van der Waals surface area contributed by atoms with Crippen LogP contribution in [0.1, 0.15) is 50.2 Å². The van der Waals surface area contributed by atoms with Crippen LogP contribution >= 0.6 is 15.9 Å². The van der Waals surface area contributed by atoms with E-state index < -0.39 is 10.9 Å². The van der Waals surface area contributed by atoms with Crippen molar-refractivity contribution in [1.82, 2.24) is 0 Å². The number of halogens is 1. The standard InChI is InChI=1S/C27H21BrN2O5/c28-19-9-4-16(5-10-19)25(31)15-35-27(32)18-8-13-24-23(14-18)21-2-1-3-22(21)26(29-24)17-6-11-20(12-7-17)30(33)34/h1-2,4-14,21-22,26,29H,3,15H2/t21-,22-,26-/m1/s1. The number of hydrogen-bond donors (Lipinski definition) is 1. The Labute approximate surface area is 210 Å². The van der Waals surface area contributed by atoms with Gasteiger partial charge in [-0.3, -0.25) is 14.9 Å². The Kier molecular flexibility index (Phi) is 6.21. The number of ether oxygens (including phenoxy) is 1. The van der Waals surface area contributed by atoms with Crippen LogP contribution in [0, 0.1) is 16.0 Å². The summed E-state index contributed by atoms with van der Waals surface area (Å²) in [7, 11) is 0. The largest absolute Gasteiger partial charge is 0.454 e. The van der Waals surface area contributed by atoms with E-state index in [1.807, 2.05) is 12.1 Å². The third kappa shape index (κ3) is 4.61. The summed E-state index contributed by atoms with van der Waals surface area (Å²) in [6.45, 7) is -0.329. The van der Waals surface area contributed by atoms with Crippen LogP contribution < -0.4 is 5.32 Å². The Morgan fingerprint density at radius 3 is 2.46 bits per heavy atom. The SMILES string of the molecule is O=C(COC(=O)c1ccc2c(c1)[C@@H]1C=CC[C@H]1[C@@H](c1ccc([N+](=O)[O-])cc1)N2)c1ccc(Br)cc1. The van der Waals surface area contributed by atoms with Crippen LogP contribution in [0.3, 0.4) is 0 Å². The minimum absolute atomic E-state index is 0.00960. The third-order valence-electron chi connectivity index (χ3n) is 6.56. The summed E-state index contributed by atoms with van der Waals surface area (Å²) in [5.74, 6) is -0.498. The smallest absolute Gasteiger partial charge is 0.338 e. The molecule has 1 aliphatic carbocycles. The topological polar surface area (TPSA) is 98.5 Å². The van der Waals surface area contributed by atoms with Gasteiger partial charge in [0, 0.05) is 33.8 Å². The first-order valence-electron chi connectivity index (χ1n) is 11.2.